The SMILES string of the molecule is C=CCOC(=O)[C@@H]1[C@@H]2CC(C)C3(S2)C(C(=O)N(CC=C)c2c(C)cccc2Cl)N([C@H](C)CO)C(=O)[C@H]13. The fourth-order valence-corrected chi connectivity index (χ4v) is 9.05. The Balaban J connectivity index is 1.85. The van der Waals surface area contributed by atoms with Crippen molar-refractivity contribution in [3.8, 4) is 0 Å². The summed E-state index contributed by atoms with van der Waals surface area (Å²) in [4.78, 5) is 44.8. The molecule has 3 heterocycles. The van der Waals surface area contributed by atoms with E-state index >= 15 is 0 Å². The molecule has 7 nitrogen and oxygen atoms in total. The Morgan fingerprint density at radius 1 is 1.39 bits per heavy atom. The third kappa shape index (κ3) is 3.89. The van der Waals surface area contributed by atoms with Crippen molar-refractivity contribution in [3.05, 3.63) is 54.1 Å². The number of halogens is 1. The molecular weight excluding hydrogens is 500 g/mol. The Morgan fingerprint density at radius 3 is 2.72 bits per heavy atom. The van der Waals surface area contributed by atoms with Gasteiger partial charge < -0.3 is 19.6 Å². The predicted octanol–water partition coefficient (Wildman–Crippen LogP) is 3.61. The summed E-state index contributed by atoms with van der Waals surface area (Å²) < 4.78 is 4.58. The lowest BCUT2D eigenvalue weighted by molar-refractivity contribution is -0.153. The number of carbonyl (C=O) groups excluding carboxylic acids is 3. The van der Waals surface area contributed by atoms with Gasteiger partial charge in [0.1, 0.15) is 12.6 Å². The number of ether oxygens (including phenoxy) is 1. The Hall–Kier alpha value is -2.29. The average molecular weight is 533 g/mol. The molecule has 3 saturated heterocycles. The van der Waals surface area contributed by atoms with E-state index in [1.807, 2.05) is 26.0 Å². The lowest BCUT2D eigenvalue weighted by Crippen LogP contribution is -2.59. The number of hydrogen-bond acceptors (Lipinski definition) is 6. The highest BCUT2D eigenvalue weighted by atomic mass is 35.5. The Bertz CT molecular complexity index is 1080. The summed E-state index contributed by atoms with van der Waals surface area (Å²) in [5, 5.41) is 10.4. The first-order valence-electron chi connectivity index (χ1n) is 12.2. The lowest BCUT2D eigenvalue weighted by Gasteiger charge is -2.41. The molecule has 1 N–H and O–H groups in total. The predicted molar refractivity (Wildman–Crippen MR) is 142 cm³/mol. The number of thioether (sulfide) groups is 1. The van der Waals surface area contributed by atoms with Crippen molar-refractivity contribution in [2.24, 2.45) is 17.8 Å². The molecule has 0 aliphatic carbocycles. The summed E-state index contributed by atoms with van der Waals surface area (Å²) in [5.74, 6) is -2.38. The van der Waals surface area contributed by atoms with Crippen LogP contribution in [0.25, 0.3) is 0 Å². The lowest BCUT2D eigenvalue weighted by atomic mass is 9.66. The van der Waals surface area contributed by atoms with Crippen LogP contribution in [0.3, 0.4) is 0 Å². The van der Waals surface area contributed by atoms with Gasteiger partial charge in [0.25, 0.3) is 5.91 Å². The number of aliphatic hydroxyl groups is 1. The molecule has 3 unspecified atom stereocenters. The van der Waals surface area contributed by atoms with Gasteiger partial charge in [0.05, 0.1) is 39.9 Å². The van der Waals surface area contributed by atoms with Crippen LogP contribution in [0.5, 0.6) is 0 Å². The van der Waals surface area contributed by atoms with Crippen molar-refractivity contribution >= 4 is 46.8 Å². The number of esters is 1. The van der Waals surface area contributed by atoms with Gasteiger partial charge >= 0.3 is 5.97 Å². The van der Waals surface area contributed by atoms with Gasteiger partial charge in [-0.15, -0.1) is 18.3 Å². The van der Waals surface area contributed by atoms with E-state index in [-0.39, 0.29) is 42.7 Å². The van der Waals surface area contributed by atoms with Crippen LogP contribution in [-0.2, 0) is 19.1 Å². The molecule has 1 spiro atoms. The minimum absolute atomic E-state index is 0.00679. The van der Waals surface area contributed by atoms with Gasteiger partial charge in [-0.3, -0.25) is 14.4 Å². The molecule has 9 heteroatoms. The second-order valence-electron chi connectivity index (χ2n) is 9.89. The first-order chi connectivity index (χ1) is 17.1. The highest BCUT2D eigenvalue weighted by Crippen LogP contribution is 2.69. The highest BCUT2D eigenvalue weighted by Gasteiger charge is 2.77. The zero-order chi connectivity index (χ0) is 26.4. The number of para-hydroxylation sites is 1. The molecule has 2 amide bonds. The zero-order valence-corrected chi connectivity index (χ0v) is 22.4. The molecule has 3 aliphatic heterocycles. The molecule has 3 aliphatic rings. The Kier molecular flexibility index (Phi) is 7.60. The number of aryl methyl sites for hydroxylation is 1. The van der Waals surface area contributed by atoms with Crippen molar-refractivity contribution < 1.29 is 24.2 Å². The van der Waals surface area contributed by atoms with E-state index in [4.69, 9.17) is 16.3 Å². The summed E-state index contributed by atoms with van der Waals surface area (Å²) in [6.07, 6.45) is 3.82. The molecular formula is C27H33ClN2O5S. The molecule has 3 fully saturated rings. The van der Waals surface area contributed by atoms with Crippen molar-refractivity contribution in [1.82, 2.24) is 4.90 Å². The maximum atomic E-state index is 14.5. The zero-order valence-electron chi connectivity index (χ0n) is 20.9. The van der Waals surface area contributed by atoms with Gasteiger partial charge in [-0.05, 0) is 37.8 Å². The van der Waals surface area contributed by atoms with E-state index in [1.165, 1.54) is 11.0 Å². The number of aliphatic hydroxyl groups excluding tert-OH is 1. The number of likely N-dealkylation sites (tertiary alicyclic amines) is 1. The Labute approximate surface area is 221 Å². The van der Waals surface area contributed by atoms with Crippen LogP contribution < -0.4 is 4.90 Å². The second kappa shape index (κ2) is 10.2. The quantitative estimate of drug-likeness (QED) is 0.386. The summed E-state index contributed by atoms with van der Waals surface area (Å²) in [7, 11) is 0. The van der Waals surface area contributed by atoms with Crippen LogP contribution in [0, 0.1) is 24.7 Å². The standard InChI is InChI=1S/C27H33ClN2O5S/c1-6-11-29(22-15(3)9-8-10-18(22)28)25(33)23-27-16(4)13-19(36-27)20(26(34)35-12-7-2)21(27)24(32)30(23)17(5)14-31/h6-10,16-17,19-21,23,31H,1-2,11-14H2,3-5H3/t16?,17-,19+,20-,21+,23?,27?/m1/s1. The van der Waals surface area contributed by atoms with Gasteiger partial charge in [-0.1, -0.05) is 49.4 Å². The molecule has 1 aromatic carbocycles. The van der Waals surface area contributed by atoms with E-state index in [2.05, 4.69) is 13.2 Å². The summed E-state index contributed by atoms with van der Waals surface area (Å²) in [6.45, 7) is 13.0. The molecule has 2 bridgehead atoms. The molecule has 0 radical (unpaired) electrons. The van der Waals surface area contributed by atoms with E-state index < -0.39 is 34.6 Å². The van der Waals surface area contributed by atoms with Crippen molar-refractivity contribution in [1.29, 1.82) is 0 Å². The number of fused-ring (bicyclic) bond motifs is 1. The third-order valence-electron chi connectivity index (χ3n) is 7.81. The van der Waals surface area contributed by atoms with Gasteiger partial charge in [-0.25, -0.2) is 0 Å². The monoisotopic (exact) mass is 532 g/mol. The van der Waals surface area contributed by atoms with Crippen LogP contribution in [0.15, 0.2) is 43.5 Å². The topological polar surface area (TPSA) is 87.2 Å². The van der Waals surface area contributed by atoms with Crippen LogP contribution in [-0.4, -0.2) is 69.6 Å². The van der Waals surface area contributed by atoms with Gasteiger partial charge in [0.2, 0.25) is 5.91 Å². The molecule has 0 saturated carbocycles. The van der Waals surface area contributed by atoms with Crippen molar-refractivity contribution in [3.63, 3.8) is 0 Å². The van der Waals surface area contributed by atoms with Crippen LogP contribution in [0.1, 0.15) is 25.8 Å². The third-order valence-corrected chi connectivity index (χ3v) is 10.2. The molecule has 194 valence electrons. The smallest absolute Gasteiger partial charge is 0.311 e. The maximum Gasteiger partial charge on any atom is 0.311 e. The number of anilines is 1. The number of carbonyl (C=O) groups is 3. The van der Waals surface area contributed by atoms with Gasteiger partial charge in [0.15, 0.2) is 0 Å². The number of benzene rings is 1. The summed E-state index contributed by atoms with van der Waals surface area (Å²) in [5.41, 5.74) is 1.39. The first kappa shape index (κ1) is 26.8. The van der Waals surface area contributed by atoms with Crippen LogP contribution >= 0.6 is 23.4 Å². The van der Waals surface area contributed by atoms with Crippen molar-refractivity contribution in [2.45, 2.75) is 49.3 Å². The Morgan fingerprint density at radius 2 is 2.11 bits per heavy atom. The summed E-state index contributed by atoms with van der Waals surface area (Å²) in [6, 6.07) is 3.94. The number of nitrogens with zero attached hydrogens (tertiary/aromatic N) is 2. The average Bonchev–Trinajstić information content (AvgIpc) is 3.44. The van der Waals surface area contributed by atoms with Gasteiger partial charge in [-0.2, -0.15) is 0 Å². The fourth-order valence-electron chi connectivity index (χ4n) is 6.34. The van der Waals surface area contributed by atoms with E-state index in [0.717, 1.165) is 5.56 Å². The molecule has 0 aromatic heterocycles. The highest BCUT2D eigenvalue weighted by molar-refractivity contribution is 8.02. The van der Waals surface area contributed by atoms with Crippen LogP contribution in [0.2, 0.25) is 5.02 Å². The normalized spacial score (nSPS) is 31.2. The van der Waals surface area contributed by atoms with E-state index in [9.17, 15) is 19.5 Å². The fraction of sp³-hybridized carbons (Fsp3) is 0.519. The number of rotatable bonds is 9. The number of hydrogen-bond donors (Lipinski definition) is 1. The van der Waals surface area contributed by atoms with Crippen LogP contribution in [0.4, 0.5) is 5.69 Å². The number of amides is 2. The summed E-state index contributed by atoms with van der Waals surface area (Å²) >= 11 is 8.13. The molecule has 4 rings (SSSR count). The van der Waals surface area contributed by atoms with Gasteiger partial charge in [0, 0.05) is 11.8 Å². The van der Waals surface area contributed by atoms with Crippen molar-refractivity contribution in [2.75, 3.05) is 24.7 Å². The molecule has 1 aromatic rings. The van der Waals surface area contributed by atoms with E-state index in [0.29, 0.717) is 17.1 Å². The first-order valence-corrected chi connectivity index (χ1v) is 13.5. The molecule has 7 atom stereocenters. The minimum Gasteiger partial charge on any atom is -0.461 e. The maximum absolute atomic E-state index is 14.5. The largest absolute Gasteiger partial charge is 0.461 e. The minimum atomic E-state index is -0.880. The molecule has 36 heavy (non-hydrogen) atoms. The second-order valence-corrected chi connectivity index (χ2v) is 11.8. The van der Waals surface area contributed by atoms with E-state index in [1.54, 1.807) is 35.7 Å².